The van der Waals surface area contributed by atoms with E-state index in [-0.39, 0.29) is 26.0 Å². The van der Waals surface area contributed by atoms with Crippen LogP contribution in [0.1, 0.15) is 18.4 Å². The van der Waals surface area contributed by atoms with Gasteiger partial charge in [0.2, 0.25) is 0 Å². The molecule has 0 radical (unpaired) electrons. The molecule has 1 saturated heterocycles. The van der Waals surface area contributed by atoms with Crippen LogP contribution in [0.15, 0.2) is 35.4 Å². The summed E-state index contributed by atoms with van der Waals surface area (Å²) >= 11 is 0. The number of benzene rings is 1. The van der Waals surface area contributed by atoms with Gasteiger partial charge in [0.25, 0.3) is 0 Å². The van der Waals surface area contributed by atoms with Crippen molar-refractivity contribution in [2.45, 2.75) is 25.1 Å². The quantitative estimate of drug-likeness (QED) is 0.860. The van der Waals surface area contributed by atoms with Crippen molar-refractivity contribution in [1.82, 2.24) is 4.90 Å². The highest BCUT2D eigenvalue weighted by Gasteiger charge is 2.36. The lowest BCUT2D eigenvalue weighted by molar-refractivity contribution is 0.0446. The van der Waals surface area contributed by atoms with Crippen molar-refractivity contribution in [3.63, 3.8) is 0 Å². The summed E-state index contributed by atoms with van der Waals surface area (Å²) in [6.45, 7) is 0.707. The summed E-state index contributed by atoms with van der Waals surface area (Å²) in [5.74, 6) is 0. The van der Waals surface area contributed by atoms with E-state index in [0.717, 1.165) is 5.56 Å². The predicted molar refractivity (Wildman–Crippen MR) is 71.3 cm³/mol. The van der Waals surface area contributed by atoms with E-state index in [9.17, 15) is 9.18 Å². The molecule has 0 aromatic heterocycles. The molecule has 1 amide bonds. The zero-order valence-electron chi connectivity index (χ0n) is 11.2. The van der Waals surface area contributed by atoms with Crippen LogP contribution in [0.4, 0.5) is 9.18 Å². The lowest BCUT2D eigenvalue weighted by Gasteiger charge is -2.34. The Morgan fingerprint density at radius 2 is 2.00 bits per heavy atom. The van der Waals surface area contributed by atoms with Gasteiger partial charge in [0.05, 0.1) is 6.54 Å². The second kappa shape index (κ2) is 6.45. The van der Waals surface area contributed by atoms with E-state index in [1.807, 2.05) is 30.3 Å². The summed E-state index contributed by atoms with van der Waals surface area (Å²) in [5, 5.41) is 3.12. The Balaban J connectivity index is 1.79. The van der Waals surface area contributed by atoms with Gasteiger partial charge in [0.15, 0.2) is 0 Å². The molecule has 108 valence electrons. The number of likely N-dealkylation sites (tertiary alicyclic amines) is 1. The highest BCUT2D eigenvalue weighted by Crippen LogP contribution is 2.27. The number of carbonyl (C=O) groups excluding carboxylic acids is 1. The number of amides is 1. The molecule has 1 N–H and O–H groups in total. The molecule has 1 aromatic carbocycles. The van der Waals surface area contributed by atoms with Crippen molar-refractivity contribution in [3.8, 4) is 0 Å². The second-order valence-electron chi connectivity index (χ2n) is 4.99. The number of alkyl halides is 1. The Kier molecular flexibility index (Phi) is 4.65. The smallest absolute Gasteiger partial charge is 0.410 e. The molecule has 0 atom stereocenters. The first kappa shape index (κ1) is 14.4. The largest absolute Gasteiger partial charge is 0.445 e. The van der Waals surface area contributed by atoms with Gasteiger partial charge in [0, 0.05) is 25.9 Å². The third-order valence-corrected chi connectivity index (χ3v) is 3.49. The molecule has 0 unspecified atom stereocenters. The Morgan fingerprint density at radius 1 is 1.35 bits per heavy atom. The molecule has 0 bridgehead atoms. The minimum absolute atomic E-state index is 0.125. The van der Waals surface area contributed by atoms with E-state index < -0.39 is 11.8 Å². The van der Waals surface area contributed by atoms with Crippen molar-refractivity contribution >= 4 is 6.09 Å². The molecule has 1 heterocycles. The van der Waals surface area contributed by atoms with Crippen molar-refractivity contribution in [1.29, 1.82) is 5.53 Å². The van der Waals surface area contributed by atoms with Crippen LogP contribution >= 0.6 is 0 Å². The molecular formula is C14H18FN3O2. The van der Waals surface area contributed by atoms with Gasteiger partial charge in [-0.3, -0.25) is 0 Å². The van der Waals surface area contributed by atoms with Crippen LogP contribution in [0, 0.1) is 5.53 Å². The van der Waals surface area contributed by atoms with Gasteiger partial charge in [-0.05, 0) is 5.56 Å². The lowest BCUT2D eigenvalue weighted by atomic mass is 9.94. The van der Waals surface area contributed by atoms with E-state index in [1.165, 1.54) is 4.90 Å². The zero-order chi connectivity index (χ0) is 14.4. The summed E-state index contributed by atoms with van der Waals surface area (Å²) in [7, 11) is 0. The van der Waals surface area contributed by atoms with E-state index >= 15 is 0 Å². The number of hydrogen-bond donors (Lipinski definition) is 1. The van der Waals surface area contributed by atoms with E-state index in [1.54, 1.807) is 0 Å². The van der Waals surface area contributed by atoms with Gasteiger partial charge in [-0.25, -0.2) is 14.7 Å². The third-order valence-electron chi connectivity index (χ3n) is 3.49. The maximum absolute atomic E-state index is 14.1. The molecule has 6 heteroatoms. The first-order valence-electron chi connectivity index (χ1n) is 6.61. The SMILES string of the molecule is N=NCC1(F)CCN(C(=O)OCc2ccccc2)CC1. The number of hydrogen-bond acceptors (Lipinski definition) is 4. The number of nitrogens with one attached hydrogen (secondary N) is 1. The average molecular weight is 279 g/mol. The van der Waals surface area contributed by atoms with Crippen molar-refractivity contribution < 1.29 is 13.9 Å². The highest BCUT2D eigenvalue weighted by atomic mass is 19.1. The van der Waals surface area contributed by atoms with Gasteiger partial charge in [-0.2, -0.15) is 5.11 Å². The standard InChI is InChI=1S/C14H18FN3O2/c15-14(11-17-16)6-8-18(9-7-14)13(19)20-10-12-4-2-1-3-5-12/h1-5,16H,6-11H2. The van der Waals surface area contributed by atoms with Crippen molar-refractivity contribution in [2.75, 3.05) is 19.6 Å². The molecule has 1 fully saturated rings. The van der Waals surface area contributed by atoms with Crippen LogP contribution in [-0.2, 0) is 11.3 Å². The first-order chi connectivity index (χ1) is 9.63. The van der Waals surface area contributed by atoms with Crippen LogP contribution in [0.3, 0.4) is 0 Å². The second-order valence-corrected chi connectivity index (χ2v) is 4.99. The molecule has 2 rings (SSSR count). The molecule has 0 saturated carbocycles. The fourth-order valence-electron chi connectivity index (χ4n) is 2.20. The van der Waals surface area contributed by atoms with Crippen molar-refractivity contribution in [2.24, 2.45) is 5.11 Å². The number of piperidine rings is 1. The van der Waals surface area contributed by atoms with E-state index in [4.69, 9.17) is 10.3 Å². The topological polar surface area (TPSA) is 65.8 Å². The van der Waals surface area contributed by atoms with Gasteiger partial charge in [0.1, 0.15) is 12.3 Å². The molecule has 1 aliphatic heterocycles. The third kappa shape index (κ3) is 3.76. The summed E-state index contributed by atoms with van der Waals surface area (Å²) in [4.78, 5) is 13.4. The van der Waals surface area contributed by atoms with Crippen LogP contribution in [0.2, 0.25) is 0 Å². The summed E-state index contributed by atoms with van der Waals surface area (Å²) in [6, 6.07) is 9.42. The Labute approximate surface area is 117 Å². The van der Waals surface area contributed by atoms with Crippen molar-refractivity contribution in [3.05, 3.63) is 35.9 Å². The summed E-state index contributed by atoms with van der Waals surface area (Å²) in [5.41, 5.74) is 6.22. The molecule has 1 aromatic rings. The number of carbonyl (C=O) groups is 1. The maximum atomic E-state index is 14.1. The van der Waals surface area contributed by atoms with E-state index in [0.29, 0.717) is 13.1 Å². The molecule has 5 nitrogen and oxygen atoms in total. The van der Waals surface area contributed by atoms with Gasteiger partial charge in [-0.15, -0.1) is 0 Å². The maximum Gasteiger partial charge on any atom is 0.410 e. The Hall–Kier alpha value is -1.98. The van der Waals surface area contributed by atoms with Crippen LogP contribution in [0.5, 0.6) is 0 Å². The Morgan fingerprint density at radius 3 is 2.60 bits per heavy atom. The van der Waals surface area contributed by atoms with Crippen LogP contribution in [0.25, 0.3) is 0 Å². The van der Waals surface area contributed by atoms with Crippen LogP contribution < -0.4 is 0 Å². The Bertz CT molecular complexity index is 459. The lowest BCUT2D eigenvalue weighted by Crippen LogP contribution is -2.46. The fourth-order valence-corrected chi connectivity index (χ4v) is 2.20. The number of ether oxygens (including phenoxy) is 1. The summed E-state index contributed by atoms with van der Waals surface area (Å²) < 4.78 is 19.3. The van der Waals surface area contributed by atoms with E-state index in [2.05, 4.69) is 5.11 Å². The monoisotopic (exact) mass is 279 g/mol. The molecule has 0 spiro atoms. The molecule has 20 heavy (non-hydrogen) atoms. The minimum atomic E-state index is -1.45. The number of rotatable bonds is 4. The number of halogens is 1. The van der Waals surface area contributed by atoms with Gasteiger partial charge >= 0.3 is 6.09 Å². The first-order valence-corrected chi connectivity index (χ1v) is 6.61. The molecular weight excluding hydrogens is 261 g/mol. The normalized spacial score (nSPS) is 17.6. The number of nitrogens with zero attached hydrogens (tertiary/aromatic N) is 2. The zero-order valence-corrected chi connectivity index (χ0v) is 11.2. The highest BCUT2D eigenvalue weighted by molar-refractivity contribution is 5.67. The fraction of sp³-hybridized carbons (Fsp3) is 0.500. The van der Waals surface area contributed by atoms with Crippen LogP contribution in [-0.4, -0.2) is 36.3 Å². The average Bonchev–Trinajstić information content (AvgIpc) is 2.47. The molecule has 1 aliphatic rings. The predicted octanol–water partition coefficient (Wildman–Crippen LogP) is 3.16. The van der Waals surface area contributed by atoms with Gasteiger partial charge < -0.3 is 9.64 Å². The molecule has 0 aliphatic carbocycles. The van der Waals surface area contributed by atoms with Gasteiger partial charge in [-0.1, -0.05) is 30.3 Å². The summed E-state index contributed by atoms with van der Waals surface area (Å²) in [6.07, 6.45) is -0.00949. The minimum Gasteiger partial charge on any atom is -0.445 e.